The van der Waals surface area contributed by atoms with Gasteiger partial charge in [-0.2, -0.15) is 4.98 Å². The Morgan fingerprint density at radius 2 is 2.04 bits per heavy atom. The SMILES string of the molecule is CCc1noc(CCC(=O)N2CC[C@H](c3nc(C)cc(C)n3)C2)n1. The van der Waals surface area contributed by atoms with Crippen LogP contribution in [-0.2, 0) is 17.6 Å². The Balaban J connectivity index is 1.55. The summed E-state index contributed by atoms with van der Waals surface area (Å²) in [4.78, 5) is 27.6. The summed E-state index contributed by atoms with van der Waals surface area (Å²) < 4.78 is 5.13. The maximum atomic E-state index is 12.4. The van der Waals surface area contributed by atoms with Crippen molar-refractivity contribution in [3.05, 3.63) is 35.0 Å². The van der Waals surface area contributed by atoms with Crippen molar-refractivity contribution < 1.29 is 9.32 Å². The minimum Gasteiger partial charge on any atom is -0.342 e. The predicted octanol–water partition coefficient (Wildman–Crippen LogP) is 1.99. The quantitative estimate of drug-likeness (QED) is 0.834. The highest BCUT2D eigenvalue weighted by atomic mass is 16.5. The van der Waals surface area contributed by atoms with Crippen molar-refractivity contribution in [2.75, 3.05) is 13.1 Å². The zero-order valence-corrected chi connectivity index (χ0v) is 14.4. The molecule has 2 aromatic heterocycles. The summed E-state index contributed by atoms with van der Waals surface area (Å²) in [5, 5.41) is 3.85. The van der Waals surface area contributed by atoms with Gasteiger partial charge in [0.15, 0.2) is 5.82 Å². The molecule has 0 unspecified atom stereocenters. The van der Waals surface area contributed by atoms with Crippen LogP contribution in [-0.4, -0.2) is 44.0 Å². The minimum atomic E-state index is 0.123. The lowest BCUT2D eigenvalue weighted by atomic mass is 10.1. The first kappa shape index (κ1) is 16.5. The lowest BCUT2D eigenvalue weighted by Crippen LogP contribution is -2.28. The van der Waals surface area contributed by atoms with E-state index in [1.807, 2.05) is 31.7 Å². The molecule has 1 aliphatic rings. The third kappa shape index (κ3) is 3.77. The fourth-order valence-electron chi connectivity index (χ4n) is 3.04. The number of nitrogens with zero attached hydrogens (tertiary/aromatic N) is 5. The smallest absolute Gasteiger partial charge is 0.227 e. The van der Waals surface area contributed by atoms with Gasteiger partial charge in [-0.05, 0) is 26.3 Å². The van der Waals surface area contributed by atoms with Gasteiger partial charge in [0.05, 0.1) is 0 Å². The second-order valence-corrected chi connectivity index (χ2v) is 6.29. The molecule has 0 radical (unpaired) electrons. The zero-order chi connectivity index (χ0) is 17.1. The summed E-state index contributed by atoms with van der Waals surface area (Å²) in [7, 11) is 0. The van der Waals surface area contributed by atoms with E-state index in [9.17, 15) is 4.79 Å². The molecular formula is C17H23N5O2. The molecule has 0 aromatic carbocycles. The molecule has 1 fully saturated rings. The summed E-state index contributed by atoms with van der Waals surface area (Å²) in [6.07, 6.45) is 2.54. The van der Waals surface area contributed by atoms with Crippen molar-refractivity contribution in [3.8, 4) is 0 Å². The Labute approximate surface area is 141 Å². The molecular weight excluding hydrogens is 306 g/mol. The highest BCUT2D eigenvalue weighted by Gasteiger charge is 2.29. The van der Waals surface area contributed by atoms with Gasteiger partial charge >= 0.3 is 0 Å². The van der Waals surface area contributed by atoms with Crippen molar-refractivity contribution in [1.29, 1.82) is 0 Å². The van der Waals surface area contributed by atoms with Gasteiger partial charge in [-0.1, -0.05) is 12.1 Å². The Morgan fingerprint density at radius 1 is 1.29 bits per heavy atom. The van der Waals surface area contributed by atoms with E-state index in [1.165, 1.54) is 0 Å². The van der Waals surface area contributed by atoms with Crippen LogP contribution in [0.4, 0.5) is 0 Å². The lowest BCUT2D eigenvalue weighted by Gasteiger charge is -2.16. The maximum absolute atomic E-state index is 12.4. The predicted molar refractivity (Wildman–Crippen MR) is 87.4 cm³/mol. The van der Waals surface area contributed by atoms with Gasteiger partial charge < -0.3 is 9.42 Å². The first-order valence-corrected chi connectivity index (χ1v) is 8.46. The van der Waals surface area contributed by atoms with E-state index in [-0.39, 0.29) is 11.8 Å². The van der Waals surface area contributed by atoms with Crippen LogP contribution in [0.15, 0.2) is 10.6 Å². The number of amides is 1. The molecule has 0 N–H and O–H groups in total. The first-order valence-electron chi connectivity index (χ1n) is 8.46. The standard InChI is InChI=1S/C17H23N5O2/c1-4-14-20-15(24-21-14)5-6-16(23)22-8-7-13(10-22)17-18-11(2)9-12(3)19-17/h9,13H,4-8,10H2,1-3H3/t13-/m0/s1. The van der Waals surface area contributed by atoms with Gasteiger partial charge in [0.2, 0.25) is 11.8 Å². The van der Waals surface area contributed by atoms with Crippen molar-refractivity contribution in [3.63, 3.8) is 0 Å². The number of hydrogen-bond acceptors (Lipinski definition) is 6. The molecule has 0 aliphatic carbocycles. The van der Waals surface area contributed by atoms with Crippen molar-refractivity contribution >= 4 is 5.91 Å². The third-order valence-corrected chi connectivity index (χ3v) is 4.28. The topological polar surface area (TPSA) is 85.0 Å². The largest absolute Gasteiger partial charge is 0.342 e. The molecule has 7 heteroatoms. The second-order valence-electron chi connectivity index (χ2n) is 6.29. The fourth-order valence-corrected chi connectivity index (χ4v) is 3.04. The van der Waals surface area contributed by atoms with Crippen LogP contribution in [0.1, 0.15) is 54.6 Å². The van der Waals surface area contributed by atoms with Crippen LogP contribution in [0.25, 0.3) is 0 Å². The normalized spacial score (nSPS) is 17.5. The van der Waals surface area contributed by atoms with Gasteiger partial charge in [0.1, 0.15) is 5.82 Å². The molecule has 3 heterocycles. The zero-order valence-electron chi connectivity index (χ0n) is 14.4. The second kappa shape index (κ2) is 7.07. The van der Waals surface area contributed by atoms with Gasteiger partial charge in [0, 0.05) is 49.7 Å². The molecule has 1 saturated heterocycles. The Bertz CT molecular complexity index is 707. The molecule has 7 nitrogen and oxygen atoms in total. The van der Waals surface area contributed by atoms with E-state index >= 15 is 0 Å². The molecule has 1 aliphatic heterocycles. The number of likely N-dealkylation sites (tertiary alicyclic amines) is 1. The molecule has 128 valence electrons. The Kier molecular flexibility index (Phi) is 4.87. The van der Waals surface area contributed by atoms with Crippen LogP contribution in [0.2, 0.25) is 0 Å². The minimum absolute atomic E-state index is 0.123. The van der Waals surface area contributed by atoms with Crippen LogP contribution in [0, 0.1) is 13.8 Å². The van der Waals surface area contributed by atoms with Crippen molar-refractivity contribution in [1.82, 2.24) is 25.0 Å². The van der Waals surface area contributed by atoms with Crippen LogP contribution >= 0.6 is 0 Å². The van der Waals surface area contributed by atoms with Gasteiger partial charge in [0.25, 0.3) is 0 Å². The molecule has 0 saturated carbocycles. The molecule has 2 aromatic rings. The third-order valence-electron chi connectivity index (χ3n) is 4.28. The van der Waals surface area contributed by atoms with E-state index < -0.39 is 0 Å². The first-order chi connectivity index (χ1) is 11.5. The number of rotatable bonds is 5. The number of hydrogen-bond donors (Lipinski definition) is 0. The highest BCUT2D eigenvalue weighted by Crippen LogP contribution is 2.25. The molecule has 1 amide bonds. The maximum Gasteiger partial charge on any atom is 0.227 e. The molecule has 0 bridgehead atoms. The average Bonchev–Trinajstić information content (AvgIpc) is 3.21. The summed E-state index contributed by atoms with van der Waals surface area (Å²) in [6.45, 7) is 7.37. The monoisotopic (exact) mass is 329 g/mol. The van der Waals surface area contributed by atoms with Crippen LogP contribution < -0.4 is 0 Å². The van der Waals surface area contributed by atoms with E-state index in [1.54, 1.807) is 0 Å². The van der Waals surface area contributed by atoms with Gasteiger partial charge in [-0.15, -0.1) is 0 Å². The summed E-state index contributed by atoms with van der Waals surface area (Å²) in [5.41, 5.74) is 1.95. The number of aryl methyl sites for hydroxylation is 4. The Morgan fingerprint density at radius 3 is 2.71 bits per heavy atom. The van der Waals surface area contributed by atoms with Crippen LogP contribution in [0.3, 0.4) is 0 Å². The van der Waals surface area contributed by atoms with Gasteiger partial charge in [-0.3, -0.25) is 4.79 Å². The van der Waals surface area contributed by atoms with E-state index in [0.717, 1.165) is 36.6 Å². The Hall–Kier alpha value is -2.31. The van der Waals surface area contributed by atoms with E-state index in [4.69, 9.17) is 4.52 Å². The van der Waals surface area contributed by atoms with E-state index in [0.29, 0.717) is 31.1 Å². The number of carbonyl (C=O) groups excluding carboxylic acids is 1. The summed E-state index contributed by atoms with van der Waals surface area (Å²) in [5.74, 6) is 2.42. The lowest BCUT2D eigenvalue weighted by molar-refractivity contribution is -0.130. The highest BCUT2D eigenvalue weighted by molar-refractivity contribution is 5.76. The van der Waals surface area contributed by atoms with Crippen molar-refractivity contribution in [2.24, 2.45) is 0 Å². The molecule has 1 atom stereocenters. The average molecular weight is 329 g/mol. The number of aromatic nitrogens is 4. The molecule has 0 spiro atoms. The van der Waals surface area contributed by atoms with Crippen molar-refractivity contribution in [2.45, 2.75) is 52.4 Å². The van der Waals surface area contributed by atoms with Gasteiger partial charge in [-0.25, -0.2) is 9.97 Å². The summed E-state index contributed by atoms with van der Waals surface area (Å²) >= 11 is 0. The fraction of sp³-hybridized carbons (Fsp3) is 0.588. The van der Waals surface area contributed by atoms with Crippen LogP contribution in [0.5, 0.6) is 0 Å². The number of carbonyl (C=O) groups is 1. The molecule has 3 rings (SSSR count). The molecule has 24 heavy (non-hydrogen) atoms. The summed E-state index contributed by atoms with van der Waals surface area (Å²) in [6, 6.07) is 1.97. The van der Waals surface area contributed by atoms with E-state index in [2.05, 4.69) is 20.1 Å².